The summed E-state index contributed by atoms with van der Waals surface area (Å²) in [6.07, 6.45) is 1.28. The third kappa shape index (κ3) is 5.71. The van der Waals surface area contributed by atoms with Crippen molar-refractivity contribution in [1.82, 2.24) is 4.90 Å². The first kappa shape index (κ1) is 26.5. The Morgan fingerprint density at radius 1 is 0.946 bits per heavy atom. The van der Waals surface area contributed by atoms with Gasteiger partial charge in [0.25, 0.3) is 5.91 Å². The molecule has 4 rings (SSSR count). The van der Waals surface area contributed by atoms with Gasteiger partial charge in [0, 0.05) is 41.5 Å². The van der Waals surface area contributed by atoms with E-state index >= 15 is 0 Å². The molecule has 1 saturated heterocycles. The number of carbonyl (C=O) groups is 1. The van der Waals surface area contributed by atoms with E-state index in [2.05, 4.69) is 0 Å². The van der Waals surface area contributed by atoms with E-state index in [4.69, 9.17) is 5.41 Å². The molecule has 0 spiro atoms. The van der Waals surface area contributed by atoms with Crippen LogP contribution in [-0.4, -0.2) is 42.2 Å². The number of likely N-dealkylation sites (tertiary alicyclic amines) is 1. The van der Waals surface area contributed by atoms with Crippen molar-refractivity contribution in [2.45, 2.75) is 46.2 Å². The number of piperidine rings is 1. The van der Waals surface area contributed by atoms with Crippen LogP contribution in [-0.2, 0) is 0 Å². The van der Waals surface area contributed by atoms with Gasteiger partial charge in [-0.25, -0.2) is 4.39 Å². The molecule has 1 amide bonds. The summed E-state index contributed by atoms with van der Waals surface area (Å²) in [6, 6.07) is 17.9. The maximum atomic E-state index is 14.1. The third-order valence-electron chi connectivity index (χ3n) is 7.41. The highest BCUT2D eigenvalue weighted by Crippen LogP contribution is 2.32. The van der Waals surface area contributed by atoms with E-state index in [1.54, 1.807) is 47.4 Å². The molecular formula is C30H32F3N3O. The maximum absolute atomic E-state index is 14.1. The summed E-state index contributed by atoms with van der Waals surface area (Å²) >= 11 is 0. The van der Waals surface area contributed by atoms with Crippen LogP contribution >= 0.6 is 0 Å². The van der Waals surface area contributed by atoms with Crippen LogP contribution in [0.1, 0.15) is 52.4 Å². The Hall–Kier alpha value is -3.61. The second kappa shape index (κ2) is 11.2. The molecule has 4 nitrogen and oxygen atoms in total. The molecule has 0 saturated carbocycles. The Balaban J connectivity index is 1.42. The molecule has 1 fully saturated rings. The summed E-state index contributed by atoms with van der Waals surface area (Å²) in [7, 11) is 0. The Kier molecular flexibility index (Phi) is 8.00. The van der Waals surface area contributed by atoms with Crippen molar-refractivity contribution >= 4 is 17.3 Å². The summed E-state index contributed by atoms with van der Waals surface area (Å²) in [6.45, 7) is 3.90. The molecule has 1 aliphatic rings. The molecule has 3 aromatic carbocycles. The van der Waals surface area contributed by atoms with Crippen molar-refractivity contribution in [1.29, 1.82) is 5.41 Å². The van der Waals surface area contributed by atoms with E-state index in [1.165, 1.54) is 17.0 Å². The fourth-order valence-electron chi connectivity index (χ4n) is 5.23. The summed E-state index contributed by atoms with van der Waals surface area (Å²) in [5.41, 5.74) is 3.95. The second-order valence-corrected chi connectivity index (χ2v) is 9.76. The van der Waals surface area contributed by atoms with Gasteiger partial charge in [0.05, 0.1) is 5.71 Å². The number of carbonyl (C=O) groups excluding carboxylic acids is 1. The molecule has 0 aliphatic carbocycles. The number of benzene rings is 3. The zero-order chi connectivity index (χ0) is 26.7. The second-order valence-electron chi connectivity index (χ2n) is 9.76. The zero-order valence-corrected chi connectivity index (χ0v) is 21.3. The van der Waals surface area contributed by atoms with Crippen molar-refractivity contribution in [2.24, 2.45) is 5.92 Å². The number of nitrogens with one attached hydrogen (secondary N) is 1. The van der Waals surface area contributed by atoms with Crippen LogP contribution in [0.25, 0.3) is 0 Å². The SMILES string of the molecule is Cc1cc(C(=O)N2CCC(C(C)N(c3ccccc3C)C(F)F)CC2)ccc1C(=N)c1cccc(F)c1. The smallest absolute Gasteiger partial charge is 0.315 e. The lowest BCUT2D eigenvalue weighted by Crippen LogP contribution is -2.47. The zero-order valence-electron chi connectivity index (χ0n) is 21.3. The quantitative estimate of drug-likeness (QED) is 0.282. The number of para-hydroxylation sites is 1. The molecule has 1 aliphatic heterocycles. The van der Waals surface area contributed by atoms with Crippen LogP contribution in [0.3, 0.4) is 0 Å². The number of halogens is 3. The molecule has 1 N–H and O–H groups in total. The Labute approximate surface area is 216 Å². The van der Waals surface area contributed by atoms with Crippen molar-refractivity contribution in [2.75, 3.05) is 18.0 Å². The van der Waals surface area contributed by atoms with Gasteiger partial charge >= 0.3 is 6.55 Å². The van der Waals surface area contributed by atoms with E-state index in [1.807, 2.05) is 32.9 Å². The topological polar surface area (TPSA) is 47.4 Å². The van der Waals surface area contributed by atoms with Crippen molar-refractivity contribution in [3.8, 4) is 0 Å². The molecule has 7 heteroatoms. The fraction of sp³-hybridized carbons (Fsp3) is 0.333. The van der Waals surface area contributed by atoms with Gasteiger partial charge in [0.15, 0.2) is 0 Å². The minimum atomic E-state index is -2.61. The summed E-state index contributed by atoms with van der Waals surface area (Å²) in [4.78, 5) is 16.2. The van der Waals surface area contributed by atoms with Crippen molar-refractivity contribution in [3.63, 3.8) is 0 Å². The first-order valence-electron chi connectivity index (χ1n) is 12.5. The van der Waals surface area contributed by atoms with Crippen LogP contribution < -0.4 is 4.90 Å². The summed E-state index contributed by atoms with van der Waals surface area (Å²) in [5, 5.41) is 8.46. The largest absolute Gasteiger partial charge is 0.339 e. The van der Waals surface area contributed by atoms with E-state index in [0.29, 0.717) is 48.3 Å². The minimum Gasteiger partial charge on any atom is -0.339 e. The van der Waals surface area contributed by atoms with Crippen LogP contribution in [0, 0.1) is 31.0 Å². The van der Waals surface area contributed by atoms with Gasteiger partial charge in [-0.3, -0.25) is 10.2 Å². The number of hydrogen-bond acceptors (Lipinski definition) is 3. The fourth-order valence-corrected chi connectivity index (χ4v) is 5.23. The maximum Gasteiger partial charge on any atom is 0.315 e. The minimum absolute atomic E-state index is 0.0357. The molecule has 194 valence electrons. The molecular weight excluding hydrogens is 475 g/mol. The predicted octanol–water partition coefficient (Wildman–Crippen LogP) is 6.83. The predicted molar refractivity (Wildman–Crippen MR) is 141 cm³/mol. The van der Waals surface area contributed by atoms with Gasteiger partial charge in [-0.1, -0.05) is 36.4 Å². The lowest BCUT2D eigenvalue weighted by molar-refractivity contribution is 0.0650. The average molecular weight is 508 g/mol. The number of hydrogen-bond donors (Lipinski definition) is 1. The third-order valence-corrected chi connectivity index (χ3v) is 7.41. The number of alkyl halides is 2. The monoisotopic (exact) mass is 507 g/mol. The van der Waals surface area contributed by atoms with Crippen molar-refractivity contribution < 1.29 is 18.0 Å². The highest BCUT2D eigenvalue weighted by atomic mass is 19.3. The number of amides is 1. The summed E-state index contributed by atoms with van der Waals surface area (Å²) < 4.78 is 41.8. The molecule has 3 aromatic rings. The van der Waals surface area contributed by atoms with E-state index < -0.39 is 12.4 Å². The average Bonchev–Trinajstić information content (AvgIpc) is 2.89. The first-order valence-corrected chi connectivity index (χ1v) is 12.5. The number of anilines is 1. The van der Waals surface area contributed by atoms with E-state index in [-0.39, 0.29) is 23.6 Å². The van der Waals surface area contributed by atoms with Gasteiger partial charge < -0.3 is 9.80 Å². The van der Waals surface area contributed by atoms with Crippen LogP contribution in [0.5, 0.6) is 0 Å². The normalized spacial score (nSPS) is 15.1. The molecule has 0 bridgehead atoms. The highest BCUT2D eigenvalue weighted by molar-refractivity contribution is 6.12. The molecule has 1 unspecified atom stereocenters. The van der Waals surface area contributed by atoms with Gasteiger partial charge in [0.2, 0.25) is 0 Å². The van der Waals surface area contributed by atoms with Crippen LogP contribution in [0.15, 0.2) is 66.7 Å². The molecule has 37 heavy (non-hydrogen) atoms. The highest BCUT2D eigenvalue weighted by Gasteiger charge is 2.33. The van der Waals surface area contributed by atoms with Gasteiger partial charge in [-0.2, -0.15) is 8.78 Å². The van der Waals surface area contributed by atoms with Gasteiger partial charge in [0.1, 0.15) is 5.82 Å². The molecule has 0 aromatic heterocycles. The standard InChI is InChI=1S/C30H32F3N3O/c1-19-7-4-5-10-27(19)36(30(32)33)21(3)22-13-15-35(16-14-22)29(37)24-11-12-26(20(2)17-24)28(34)23-8-6-9-25(31)18-23/h4-12,17-18,21-22,30,34H,13-16H2,1-3H3. The van der Waals surface area contributed by atoms with Gasteiger partial charge in [-0.15, -0.1) is 0 Å². The molecule has 0 radical (unpaired) electrons. The van der Waals surface area contributed by atoms with Crippen LogP contribution in [0.4, 0.5) is 18.9 Å². The number of nitrogens with zero attached hydrogens (tertiary/aromatic N) is 2. The lowest BCUT2D eigenvalue weighted by Gasteiger charge is -2.40. The number of rotatable bonds is 7. The first-order chi connectivity index (χ1) is 17.7. The molecule has 1 heterocycles. The summed E-state index contributed by atoms with van der Waals surface area (Å²) in [5.74, 6) is -0.476. The Morgan fingerprint density at radius 3 is 2.27 bits per heavy atom. The molecule has 1 atom stereocenters. The van der Waals surface area contributed by atoms with Crippen LogP contribution in [0.2, 0.25) is 0 Å². The van der Waals surface area contributed by atoms with E-state index in [9.17, 15) is 18.0 Å². The van der Waals surface area contributed by atoms with Gasteiger partial charge in [-0.05, 0) is 81.0 Å². The lowest BCUT2D eigenvalue weighted by atomic mass is 9.88. The Morgan fingerprint density at radius 2 is 1.65 bits per heavy atom. The Bertz CT molecular complexity index is 1280. The van der Waals surface area contributed by atoms with Crippen molar-refractivity contribution in [3.05, 3.63) is 100 Å². The van der Waals surface area contributed by atoms with E-state index in [0.717, 1.165) is 11.1 Å². The number of aryl methyl sites for hydroxylation is 2.